The molecule has 0 saturated carbocycles. The Labute approximate surface area is 132 Å². The molecule has 0 fully saturated rings. The second-order valence-corrected chi connectivity index (χ2v) is 4.99. The minimum Gasteiger partial charge on any atom is -0.387 e. The molecule has 0 atom stereocenters. The number of esters is 4. The Morgan fingerprint density at radius 3 is 2.08 bits per heavy atom. The van der Waals surface area contributed by atoms with Gasteiger partial charge in [0.25, 0.3) is 0 Å². The fourth-order valence-electron chi connectivity index (χ4n) is 2.92. The molecule has 2 aliphatic rings. The van der Waals surface area contributed by atoms with Crippen LogP contribution in [0.25, 0.3) is 15.6 Å². The summed E-state index contributed by atoms with van der Waals surface area (Å²) < 4.78 is 9.20. The van der Waals surface area contributed by atoms with Crippen LogP contribution in [0.1, 0.15) is 47.0 Å². The second-order valence-electron chi connectivity index (χ2n) is 4.99. The molecule has 0 amide bonds. The Bertz CT molecular complexity index is 1060. The van der Waals surface area contributed by atoms with Crippen LogP contribution in [0.2, 0.25) is 0 Å². The lowest BCUT2D eigenvalue weighted by atomic mass is 9.86. The molecule has 8 nitrogen and oxygen atoms in total. The third-order valence-corrected chi connectivity index (χ3v) is 3.84. The van der Waals surface area contributed by atoms with Crippen LogP contribution in [-0.2, 0) is 9.47 Å². The van der Waals surface area contributed by atoms with Crippen molar-refractivity contribution < 1.29 is 28.7 Å². The van der Waals surface area contributed by atoms with Crippen molar-refractivity contribution in [1.29, 1.82) is 5.26 Å². The second kappa shape index (κ2) is 4.24. The Kier molecular flexibility index (Phi) is 2.41. The molecule has 2 heterocycles. The van der Waals surface area contributed by atoms with Crippen LogP contribution in [0.4, 0.5) is 5.69 Å². The number of ether oxygens (including phenoxy) is 2. The summed E-state index contributed by atoms with van der Waals surface area (Å²) in [6.45, 7) is 7.19. The van der Waals surface area contributed by atoms with E-state index in [1.807, 2.05) is 0 Å². The van der Waals surface area contributed by atoms with Crippen molar-refractivity contribution in [1.82, 2.24) is 0 Å². The molecule has 2 aliphatic heterocycles. The molecule has 0 spiro atoms. The van der Waals surface area contributed by atoms with Crippen LogP contribution in [0.3, 0.4) is 0 Å². The minimum absolute atomic E-state index is 0.0117. The molecule has 0 N–H and O–H groups in total. The summed E-state index contributed by atoms with van der Waals surface area (Å²) in [6.07, 6.45) is 0. The van der Waals surface area contributed by atoms with E-state index in [-0.39, 0.29) is 44.3 Å². The van der Waals surface area contributed by atoms with Gasteiger partial charge >= 0.3 is 23.9 Å². The minimum atomic E-state index is -1.07. The monoisotopic (exact) mass is 318 g/mol. The van der Waals surface area contributed by atoms with Gasteiger partial charge in [-0.15, -0.1) is 0 Å². The zero-order chi connectivity index (χ0) is 17.2. The van der Waals surface area contributed by atoms with E-state index in [1.165, 1.54) is 0 Å². The van der Waals surface area contributed by atoms with Gasteiger partial charge in [-0.1, -0.05) is 0 Å². The molecule has 0 saturated heterocycles. The molecular formula is C16H2N2O6. The van der Waals surface area contributed by atoms with Gasteiger partial charge in [0, 0.05) is 10.8 Å². The van der Waals surface area contributed by atoms with Gasteiger partial charge in [0.05, 0.1) is 34.4 Å². The number of benzene rings is 2. The Morgan fingerprint density at radius 1 is 0.875 bits per heavy atom. The summed E-state index contributed by atoms with van der Waals surface area (Å²) in [5.41, 5.74) is -1.19. The SMILES string of the molecule is [C-]#[N+]c1cc2c3c(cc(C#N)c4c3c1C(=O)OC4=O)C(=O)OC2=O. The van der Waals surface area contributed by atoms with Crippen LogP contribution >= 0.6 is 0 Å². The maximum Gasteiger partial charge on any atom is 0.347 e. The molecule has 2 aromatic carbocycles. The van der Waals surface area contributed by atoms with E-state index in [0.717, 1.165) is 12.1 Å². The quantitative estimate of drug-likeness (QED) is 0.414. The van der Waals surface area contributed by atoms with Gasteiger partial charge in [0.15, 0.2) is 0 Å². The zero-order valence-corrected chi connectivity index (χ0v) is 11.5. The third-order valence-electron chi connectivity index (χ3n) is 3.84. The van der Waals surface area contributed by atoms with Crippen LogP contribution in [0.5, 0.6) is 0 Å². The van der Waals surface area contributed by atoms with Crippen LogP contribution in [0, 0.1) is 17.9 Å². The molecule has 8 heteroatoms. The lowest BCUT2D eigenvalue weighted by Crippen LogP contribution is -2.26. The molecular weight excluding hydrogens is 316 g/mol. The van der Waals surface area contributed by atoms with Gasteiger partial charge in [-0.05, 0) is 12.1 Å². The van der Waals surface area contributed by atoms with Crippen molar-refractivity contribution in [3.63, 3.8) is 0 Å². The highest BCUT2D eigenvalue weighted by molar-refractivity contribution is 6.31. The van der Waals surface area contributed by atoms with Gasteiger partial charge in [0.1, 0.15) is 6.07 Å². The van der Waals surface area contributed by atoms with Crippen molar-refractivity contribution in [2.24, 2.45) is 0 Å². The molecule has 112 valence electrons. The molecule has 0 aromatic heterocycles. The predicted molar refractivity (Wildman–Crippen MR) is 74.4 cm³/mol. The smallest absolute Gasteiger partial charge is 0.347 e. The van der Waals surface area contributed by atoms with Crippen LogP contribution < -0.4 is 0 Å². The van der Waals surface area contributed by atoms with Crippen molar-refractivity contribution in [2.75, 3.05) is 0 Å². The maximum atomic E-state index is 12.1. The number of cyclic esters (lactones) is 4. The molecule has 2 aromatic rings. The van der Waals surface area contributed by atoms with Crippen LogP contribution in [-0.4, -0.2) is 23.9 Å². The topological polar surface area (TPSA) is 115 Å². The summed E-state index contributed by atoms with van der Waals surface area (Å²) in [4.78, 5) is 51.3. The first-order chi connectivity index (χ1) is 11.5. The molecule has 0 bridgehead atoms. The Morgan fingerprint density at radius 2 is 1.46 bits per heavy atom. The summed E-state index contributed by atoms with van der Waals surface area (Å²) >= 11 is 0. The van der Waals surface area contributed by atoms with E-state index in [4.69, 9.17) is 6.57 Å². The lowest BCUT2D eigenvalue weighted by Gasteiger charge is -2.23. The Balaban J connectivity index is 2.40. The summed E-state index contributed by atoms with van der Waals surface area (Å²) in [6, 6.07) is 3.96. The average molecular weight is 318 g/mol. The molecule has 4 rings (SSSR count). The highest BCUT2D eigenvalue weighted by Crippen LogP contribution is 2.42. The fraction of sp³-hybridized carbons (Fsp3) is 0. The number of rotatable bonds is 0. The number of carbonyl (C=O) groups excluding carboxylic acids is 4. The molecule has 24 heavy (non-hydrogen) atoms. The summed E-state index contributed by atoms with van der Waals surface area (Å²) in [5.74, 6) is -4.14. The predicted octanol–water partition coefficient (Wildman–Crippen LogP) is 1.88. The standard InChI is InChI=1S/C16H2N2O6/c1-18-8-3-7-10-6(13(19)23-14(7)20)2-5(4-17)9-12(10)11(8)16(22)24-15(9)21/h2-3H. The van der Waals surface area contributed by atoms with Crippen molar-refractivity contribution >= 4 is 40.3 Å². The van der Waals surface area contributed by atoms with Gasteiger partial charge in [-0.3, -0.25) is 0 Å². The van der Waals surface area contributed by atoms with E-state index in [2.05, 4.69) is 14.3 Å². The summed E-state index contributed by atoms with van der Waals surface area (Å²) in [5, 5.41) is 9.17. The van der Waals surface area contributed by atoms with Crippen molar-refractivity contribution in [3.8, 4) is 6.07 Å². The highest BCUT2D eigenvalue weighted by Gasteiger charge is 2.39. The van der Waals surface area contributed by atoms with E-state index in [1.54, 1.807) is 6.07 Å². The molecule has 0 aliphatic carbocycles. The number of hydrogen-bond acceptors (Lipinski definition) is 7. The van der Waals surface area contributed by atoms with Gasteiger partial charge in [-0.25, -0.2) is 24.0 Å². The number of hydrogen-bond donors (Lipinski definition) is 0. The highest BCUT2D eigenvalue weighted by atomic mass is 16.6. The fourth-order valence-corrected chi connectivity index (χ4v) is 2.92. The number of nitriles is 1. The van der Waals surface area contributed by atoms with Crippen molar-refractivity contribution in [2.45, 2.75) is 0 Å². The Hall–Kier alpha value is -4.04. The number of nitrogens with zero attached hydrogens (tertiary/aromatic N) is 2. The third kappa shape index (κ3) is 1.44. The largest absolute Gasteiger partial charge is 0.387 e. The molecule has 0 radical (unpaired) electrons. The van der Waals surface area contributed by atoms with Crippen molar-refractivity contribution in [3.05, 3.63) is 51.4 Å². The normalized spacial score (nSPS) is 14.8. The first kappa shape index (κ1) is 13.6. The average Bonchev–Trinajstić information content (AvgIpc) is 2.56. The summed E-state index contributed by atoms with van der Waals surface area (Å²) in [7, 11) is 0. The van der Waals surface area contributed by atoms with Gasteiger partial charge in [-0.2, -0.15) is 5.26 Å². The van der Waals surface area contributed by atoms with E-state index in [0.29, 0.717) is 0 Å². The number of carbonyl (C=O) groups is 4. The van der Waals surface area contributed by atoms with E-state index in [9.17, 15) is 24.4 Å². The molecule has 0 unspecified atom stereocenters. The van der Waals surface area contributed by atoms with Crippen LogP contribution in [0.15, 0.2) is 12.1 Å². The van der Waals surface area contributed by atoms with Gasteiger partial charge < -0.3 is 9.47 Å². The van der Waals surface area contributed by atoms with E-state index >= 15 is 0 Å². The van der Waals surface area contributed by atoms with Gasteiger partial charge in [0.2, 0.25) is 5.69 Å². The maximum absolute atomic E-state index is 12.1. The first-order valence-electron chi connectivity index (χ1n) is 6.46. The zero-order valence-electron chi connectivity index (χ0n) is 11.5. The first-order valence-corrected chi connectivity index (χ1v) is 6.46. The van der Waals surface area contributed by atoms with E-state index < -0.39 is 23.9 Å². The lowest BCUT2D eigenvalue weighted by molar-refractivity contribution is 0.0366.